The van der Waals surface area contributed by atoms with Crippen molar-refractivity contribution in [2.24, 2.45) is 7.05 Å². The first-order valence-corrected chi connectivity index (χ1v) is 7.20. The minimum Gasteiger partial charge on any atom is -0.382 e. The van der Waals surface area contributed by atoms with Crippen molar-refractivity contribution in [2.75, 3.05) is 12.3 Å². The summed E-state index contributed by atoms with van der Waals surface area (Å²) in [5.41, 5.74) is 6.65. The Morgan fingerprint density at radius 3 is 2.78 bits per heavy atom. The first-order chi connectivity index (χ1) is 10.9. The molecule has 3 N–H and O–H groups in total. The van der Waals surface area contributed by atoms with Crippen LogP contribution in [0, 0.1) is 24.2 Å². The molecule has 0 spiro atoms. The Labute approximate surface area is 143 Å². The number of terminal acetylenes is 1. The molecule has 0 atom stereocenters. The van der Waals surface area contributed by atoms with E-state index in [1.807, 2.05) is 0 Å². The maximum absolute atomic E-state index is 12.0. The normalized spacial score (nSPS) is 9.65. The van der Waals surface area contributed by atoms with Crippen molar-refractivity contribution in [2.45, 2.75) is 0 Å². The molecule has 0 radical (unpaired) electrons. The van der Waals surface area contributed by atoms with E-state index in [4.69, 9.17) is 35.4 Å². The average Bonchev–Trinajstić information content (AvgIpc) is 2.80. The lowest BCUT2D eigenvalue weighted by Crippen LogP contribution is -2.26. The summed E-state index contributed by atoms with van der Waals surface area (Å²) in [6.07, 6.45) is 5.11. The molecule has 0 aliphatic heterocycles. The van der Waals surface area contributed by atoms with Gasteiger partial charge in [0.1, 0.15) is 0 Å². The minimum absolute atomic E-state index is 0.0838. The number of nitrogen functional groups attached to an aromatic ring is 1. The zero-order chi connectivity index (χ0) is 17.0. The van der Waals surface area contributed by atoms with Gasteiger partial charge >= 0.3 is 0 Å². The molecule has 2 aromatic rings. The van der Waals surface area contributed by atoms with Gasteiger partial charge in [0, 0.05) is 12.6 Å². The predicted octanol–water partition coefficient (Wildman–Crippen LogP) is 2.07. The lowest BCUT2D eigenvalue weighted by Gasteiger charge is -2.03. The van der Waals surface area contributed by atoms with Crippen LogP contribution in [0.25, 0.3) is 0 Å². The molecule has 116 valence electrons. The van der Waals surface area contributed by atoms with Gasteiger partial charge in [0.05, 0.1) is 16.6 Å². The van der Waals surface area contributed by atoms with Crippen molar-refractivity contribution in [3.63, 3.8) is 0 Å². The van der Waals surface area contributed by atoms with E-state index in [0.29, 0.717) is 21.4 Å². The first kappa shape index (κ1) is 16.8. The van der Waals surface area contributed by atoms with Gasteiger partial charge in [-0.05, 0) is 24.1 Å². The third-order valence-electron chi connectivity index (χ3n) is 2.93. The van der Waals surface area contributed by atoms with Crippen molar-refractivity contribution in [3.8, 4) is 24.2 Å². The molecule has 0 fully saturated rings. The van der Waals surface area contributed by atoms with Crippen molar-refractivity contribution in [1.82, 2.24) is 14.9 Å². The van der Waals surface area contributed by atoms with E-state index >= 15 is 0 Å². The van der Waals surface area contributed by atoms with Crippen LogP contribution in [-0.2, 0) is 7.05 Å². The largest absolute Gasteiger partial charge is 0.382 e. The van der Waals surface area contributed by atoms with Crippen LogP contribution in [0.3, 0.4) is 0 Å². The van der Waals surface area contributed by atoms with Crippen LogP contribution in [0.5, 0.6) is 0 Å². The Balaban J connectivity index is 2.32. The van der Waals surface area contributed by atoms with E-state index in [9.17, 15) is 4.79 Å². The molecule has 0 unspecified atom stereocenters. The molecule has 1 heterocycles. The highest BCUT2D eigenvalue weighted by molar-refractivity contribution is 6.42. The smallest absolute Gasteiger partial charge is 0.272 e. The number of rotatable bonds is 2. The molecule has 23 heavy (non-hydrogen) atoms. The molecule has 0 aliphatic carbocycles. The molecular formula is C16H12Cl2N4O. The maximum Gasteiger partial charge on any atom is 0.272 e. The van der Waals surface area contributed by atoms with E-state index < -0.39 is 5.91 Å². The number of imidazole rings is 1. The summed E-state index contributed by atoms with van der Waals surface area (Å²) in [7, 11) is 1.65. The molecule has 1 amide bonds. The van der Waals surface area contributed by atoms with Gasteiger partial charge in [-0.15, -0.1) is 6.42 Å². The number of aromatic nitrogens is 2. The topological polar surface area (TPSA) is 72.9 Å². The summed E-state index contributed by atoms with van der Waals surface area (Å²) >= 11 is 11.8. The molecule has 1 aromatic heterocycles. The molecule has 5 nitrogen and oxygen atoms in total. The van der Waals surface area contributed by atoms with Crippen LogP contribution >= 0.6 is 23.2 Å². The minimum atomic E-state index is -0.405. The summed E-state index contributed by atoms with van der Waals surface area (Å²) in [6, 6.07) is 5.02. The highest BCUT2D eigenvalue weighted by atomic mass is 35.5. The number of carbonyl (C=O) groups excluding carboxylic acids is 1. The fourth-order valence-electron chi connectivity index (χ4n) is 1.82. The Morgan fingerprint density at radius 2 is 2.13 bits per heavy atom. The van der Waals surface area contributed by atoms with Crippen LogP contribution in [0.2, 0.25) is 10.0 Å². The monoisotopic (exact) mass is 346 g/mol. The van der Waals surface area contributed by atoms with Gasteiger partial charge in [-0.25, -0.2) is 4.98 Å². The van der Waals surface area contributed by atoms with Gasteiger partial charge in [-0.1, -0.05) is 35.0 Å². The number of nitrogens with two attached hydrogens (primary N) is 1. The molecule has 1 aromatic carbocycles. The van der Waals surface area contributed by atoms with Crippen molar-refractivity contribution >= 4 is 34.9 Å². The lowest BCUT2D eigenvalue weighted by molar-refractivity contribution is 0.0951. The van der Waals surface area contributed by atoms with E-state index in [1.165, 1.54) is 4.57 Å². The Bertz CT molecular complexity index is 869. The number of halogens is 2. The number of hydrogen-bond acceptors (Lipinski definition) is 3. The maximum atomic E-state index is 12.0. The summed E-state index contributed by atoms with van der Waals surface area (Å²) < 4.78 is 1.51. The molecule has 2 rings (SSSR count). The molecule has 7 heteroatoms. The summed E-state index contributed by atoms with van der Waals surface area (Å²) in [5.74, 6) is 8.09. The van der Waals surface area contributed by atoms with Gasteiger partial charge in [-0.3, -0.25) is 4.79 Å². The van der Waals surface area contributed by atoms with Gasteiger partial charge < -0.3 is 15.6 Å². The summed E-state index contributed by atoms with van der Waals surface area (Å²) in [4.78, 5) is 16.1. The molecule has 0 saturated carbocycles. The van der Waals surface area contributed by atoms with E-state index in [-0.39, 0.29) is 18.1 Å². The quantitative estimate of drug-likeness (QED) is 0.817. The van der Waals surface area contributed by atoms with Gasteiger partial charge in [0.2, 0.25) is 0 Å². The predicted molar refractivity (Wildman–Crippen MR) is 91.2 cm³/mol. The summed E-state index contributed by atoms with van der Waals surface area (Å²) in [6.45, 7) is 0.105. The molecule has 0 aliphatic rings. The van der Waals surface area contributed by atoms with Crippen molar-refractivity contribution in [1.29, 1.82) is 0 Å². The van der Waals surface area contributed by atoms with Gasteiger partial charge in [0.15, 0.2) is 17.3 Å². The highest BCUT2D eigenvalue weighted by Crippen LogP contribution is 2.22. The second kappa shape index (κ2) is 7.11. The van der Waals surface area contributed by atoms with Crippen LogP contribution < -0.4 is 11.1 Å². The fraction of sp³-hybridized carbons (Fsp3) is 0.125. The van der Waals surface area contributed by atoms with Crippen LogP contribution in [0.15, 0.2) is 18.2 Å². The van der Waals surface area contributed by atoms with E-state index in [1.54, 1.807) is 25.2 Å². The second-order valence-corrected chi connectivity index (χ2v) is 5.31. The molecule has 0 saturated heterocycles. The number of benzene rings is 1. The standard InChI is InChI=1S/C16H12Cl2N4O/c1-3-8-20-16(23)14-15(19)21-13(22(14)2)7-5-10-4-6-11(17)12(18)9-10/h1,4,6,9H,8,19H2,2H3,(H,20,23). The number of carbonyl (C=O) groups is 1. The van der Waals surface area contributed by atoms with Crippen molar-refractivity contribution in [3.05, 3.63) is 45.3 Å². The summed E-state index contributed by atoms with van der Waals surface area (Å²) in [5, 5.41) is 3.39. The second-order valence-electron chi connectivity index (χ2n) is 4.49. The van der Waals surface area contributed by atoms with Gasteiger partial charge in [-0.2, -0.15) is 0 Å². The van der Waals surface area contributed by atoms with Crippen LogP contribution in [0.4, 0.5) is 5.82 Å². The Hall–Kier alpha value is -2.60. The fourth-order valence-corrected chi connectivity index (χ4v) is 2.12. The van der Waals surface area contributed by atoms with Crippen molar-refractivity contribution < 1.29 is 4.79 Å². The zero-order valence-corrected chi connectivity index (χ0v) is 13.7. The molecular weight excluding hydrogens is 335 g/mol. The number of nitrogens with zero attached hydrogens (tertiary/aromatic N) is 2. The van der Waals surface area contributed by atoms with Crippen LogP contribution in [0.1, 0.15) is 21.9 Å². The Morgan fingerprint density at radius 1 is 1.39 bits per heavy atom. The number of nitrogens with one attached hydrogen (secondary N) is 1. The molecule has 0 bridgehead atoms. The lowest BCUT2D eigenvalue weighted by atomic mass is 10.2. The number of hydrogen-bond donors (Lipinski definition) is 2. The first-order valence-electron chi connectivity index (χ1n) is 6.45. The third kappa shape index (κ3) is 3.78. The Kier molecular flexibility index (Phi) is 5.18. The number of amides is 1. The van der Waals surface area contributed by atoms with E-state index in [0.717, 1.165) is 0 Å². The van der Waals surface area contributed by atoms with Crippen LogP contribution in [-0.4, -0.2) is 22.0 Å². The third-order valence-corrected chi connectivity index (χ3v) is 3.67. The SMILES string of the molecule is C#CCNC(=O)c1c(N)nc(C#Cc2ccc(Cl)c(Cl)c2)n1C. The zero-order valence-electron chi connectivity index (χ0n) is 12.2. The van der Waals surface area contributed by atoms with Gasteiger partial charge in [0.25, 0.3) is 5.91 Å². The number of anilines is 1. The highest BCUT2D eigenvalue weighted by Gasteiger charge is 2.17. The average molecular weight is 347 g/mol. The van der Waals surface area contributed by atoms with E-state index in [2.05, 4.69) is 28.1 Å².